The van der Waals surface area contributed by atoms with E-state index in [0.29, 0.717) is 21.3 Å². The molecule has 20 heavy (non-hydrogen) atoms. The molecule has 4 heteroatoms. The van der Waals surface area contributed by atoms with E-state index < -0.39 is 5.82 Å². The van der Waals surface area contributed by atoms with Crippen LogP contribution >= 0.6 is 15.9 Å². The monoisotopic (exact) mass is 334 g/mol. The number of hydrogen-bond donors (Lipinski definition) is 0. The third-order valence-corrected chi connectivity index (χ3v) is 3.51. The summed E-state index contributed by atoms with van der Waals surface area (Å²) in [5.74, 6) is 0.0355. The van der Waals surface area contributed by atoms with Gasteiger partial charge in [0.05, 0.1) is 6.10 Å². The lowest BCUT2D eigenvalue weighted by atomic mass is 10.0. The molecule has 0 heterocycles. The summed E-state index contributed by atoms with van der Waals surface area (Å²) in [7, 11) is 0. The first kappa shape index (κ1) is 13.3. The fourth-order valence-corrected chi connectivity index (χ4v) is 2.41. The van der Waals surface area contributed by atoms with E-state index in [0.717, 1.165) is 12.8 Å². The standard InChI is InChI=1S/C16H12BrFO2/c17-12-6-11(7-13(18)9-12)16(19)10-2-1-3-15(8-10)20-14-4-5-14/h1-3,6-9,14H,4-5H2. The van der Waals surface area contributed by atoms with Crippen LogP contribution in [-0.2, 0) is 0 Å². The van der Waals surface area contributed by atoms with Gasteiger partial charge >= 0.3 is 0 Å². The predicted molar refractivity (Wildman–Crippen MR) is 77.6 cm³/mol. The molecule has 0 radical (unpaired) electrons. The van der Waals surface area contributed by atoms with Crippen LogP contribution in [-0.4, -0.2) is 11.9 Å². The number of benzene rings is 2. The van der Waals surface area contributed by atoms with E-state index in [9.17, 15) is 9.18 Å². The van der Waals surface area contributed by atoms with Crippen LogP contribution in [0.4, 0.5) is 4.39 Å². The van der Waals surface area contributed by atoms with E-state index in [1.807, 2.05) is 6.07 Å². The van der Waals surface area contributed by atoms with Crippen molar-refractivity contribution in [3.63, 3.8) is 0 Å². The van der Waals surface area contributed by atoms with Crippen LogP contribution in [0, 0.1) is 5.82 Å². The average Bonchev–Trinajstić information content (AvgIpc) is 3.21. The van der Waals surface area contributed by atoms with Gasteiger partial charge in [0.1, 0.15) is 11.6 Å². The van der Waals surface area contributed by atoms with E-state index >= 15 is 0 Å². The maximum absolute atomic E-state index is 13.4. The largest absolute Gasteiger partial charge is 0.490 e. The molecular weight excluding hydrogens is 323 g/mol. The molecule has 1 aliphatic carbocycles. The van der Waals surface area contributed by atoms with Crippen molar-refractivity contribution in [1.29, 1.82) is 0 Å². The van der Waals surface area contributed by atoms with Crippen molar-refractivity contribution < 1.29 is 13.9 Å². The Balaban J connectivity index is 1.88. The highest BCUT2D eigenvalue weighted by molar-refractivity contribution is 9.10. The molecule has 0 aliphatic heterocycles. The minimum absolute atomic E-state index is 0.216. The van der Waals surface area contributed by atoms with Crippen LogP contribution in [0.25, 0.3) is 0 Å². The van der Waals surface area contributed by atoms with Gasteiger partial charge in [-0.05, 0) is 43.2 Å². The molecule has 0 spiro atoms. The van der Waals surface area contributed by atoms with Crippen LogP contribution in [0.2, 0.25) is 0 Å². The van der Waals surface area contributed by atoms with Crippen molar-refractivity contribution >= 4 is 21.7 Å². The minimum atomic E-state index is -0.437. The van der Waals surface area contributed by atoms with Crippen LogP contribution < -0.4 is 4.74 Å². The molecule has 2 aromatic rings. The Morgan fingerprint density at radius 2 is 1.95 bits per heavy atom. The first-order chi connectivity index (χ1) is 9.61. The summed E-state index contributed by atoms with van der Waals surface area (Å²) < 4.78 is 19.6. The van der Waals surface area contributed by atoms with E-state index in [1.165, 1.54) is 12.1 Å². The molecule has 2 aromatic carbocycles. The maximum atomic E-state index is 13.4. The highest BCUT2D eigenvalue weighted by Crippen LogP contribution is 2.27. The Labute approximate surface area is 124 Å². The molecule has 102 valence electrons. The minimum Gasteiger partial charge on any atom is -0.490 e. The normalized spacial score (nSPS) is 14.1. The van der Waals surface area contributed by atoms with Crippen LogP contribution in [0.3, 0.4) is 0 Å². The number of ketones is 1. The predicted octanol–water partition coefficient (Wildman–Crippen LogP) is 4.36. The van der Waals surface area contributed by atoms with Gasteiger partial charge in [0.15, 0.2) is 5.78 Å². The average molecular weight is 335 g/mol. The Bertz CT molecular complexity index is 645. The summed E-state index contributed by atoms with van der Waals surface area (Å²) in [5.41, 5.74) is 0.820. The quantitative estimate of drug-likeness (QED) is 0.776. The molecule has 3 rings (SSSR count). The van der Waals surface area contributed by atoms with E-state index in [-0.39, 0.29) is 11.9 Å². The number of halogens is 2. The lowest BCUT2D eigenvalue weighted by Gasteiger charge is -2.07. The highest BCUT2D eigenvalue weighted by atomic mass is 79.9. The van der Waals surface area contributed by atoms with E-state index in [2.05, 4.69) is 15.9 Å². The summed E-state index contributed by atoms with van der Waals surface area (Å²) in [4.78, 5) is 12.4. The second kappa shape index (κ2) is 5.37. The van der Waals surface area contributed by atoms with Gasteiger partial charge in [0, 0.05) is 15.6 Å². The number of rotatable bonds is 4. The summed E-state index contributed by atoms with van der Waals surface area (Å²) >= 11 is 3.19. The van der Waals surface area contributed by atoms with Crippen molar-refractivity contribution in [2.75, 3.05) is 0 Å². The molecule has 1 saturated carbocycles. The first-order valence-corrected chi connectivity index (χ1v) is 7.18. The Morgan fingerprint density at radius 3 is 2.65 bits per heavy atom. The zero-order valence-electron chi connectivity index (χ0n) is 10.6. The topological polar surface area (TPSA) is 26.3 Å². The molecule has 0 unspecified atom stereocenters. The molecule has 0 N–H and O–H groups in total. The zero-order chi connectivity index (χ0) is 14.1. The highest BCUT2D eigenvalue weighted by Gasteiger charge is 2.23. The van der Waals surface area contributed by atoms with Gasteiger partial charge in [-0.25, -0.2) is 4.39 Å². The fourth-order valence-electron chi connectivity index (χ4n) is 1.94. The summed E-state index contributed by atoms with van der Waals surface area (Å²) in [5, 5.41) is 0. The lowest BCUT2D eigenvalue weighted by Crippen LogP contribution is -2.03. The summed E-state index contributed by atoms with van der Waals surface area (Å²) in [6, 6.07) is 11.2. The molecule has 1 aliphatic rings. The van der Waals surface area contributed by atoms with Crippen LogP contribution in [0.1, 0.15) is 28.8 Å². The second-order valence-corrected chi connectivity index (χ2v) is 5.75. The molecular formula is C16H12BrFO2. The Kier molecular flexibility index (Phi) is 3.57. The third kappa shape index (κ3) is 3.07. The molecule has 1 fully saturated rings. The molecule has 0 saturated heterocycles. The van der Waals surface area contributed by atoms with Crippen molar-refractivity contribution in [2.45, 2.75) is 18.9 Å². The van der Waals surface area contributed by atoms with Crippen LogP contribution in [0.15, 0.2) is 46.9 Å². The number of ether oxygens (including phenoxy) is 1. The SMILES string of the molecule is O=C(c1cc(F)cc(Br)c1)c1cccc(OC2CC2)c1. The van der Waals surface area contributed by atoms with Gasteiger partial charge in [0.25, 0.3) is 0 Å². The first-order valence-electron chi connectivity index (χ1n) is 6.39. The van der Waals surface area contributed by atoms with Crippen molar-refractivity contribution in [3.05, 3.63) is 63.9 Å². The van der Waals surface area contributed by atoms with E-state index in [4.69, 9.17) is 4.74 Å². The van der Waals surface area contributed by atoms with Gasteiger partial charge in [-0.2, -0.15) is 0 Å². The van der Waals surface area contributed by atoms with Crippen molar-refractivity contribution in [3.8, 4) is 5.75 Å². The molecule has 0 atom stereocenters. The van der Waals surface area contributed by atoms with Crippen molar-refractivity contribution in [1.82, 2.24) is 0 Å². The van der Waals surface area contributed by atoms with Gasteiger partial charge < -0.3 is 4.74 Å². The molecule has 0 amide bonds. The van der Waals surface area contributed by atoms with Gasteiger partial charge in [-0.1, -0.05) is 28.1 Å². The summed E-state index contributed by atoms with van der Waals surface area (Å²) in [6.45, 7) is 0. The lowest BCUT2D eigenvalue weighted by molar-refractivity contribution is 0.103. The Morgan fingerprint density at radius 1 is 1.15 bits per heavy atom. The smallest absolute Gasteiger partial charge is 0.193 e. The molecule has 0 aromatic heterocycles. The van der Waals surface area contributed by atoms with E-state index in [1.54, 1.807) is 24.3 Å². The molecule has 2 nitrogen and oxygen atoms in total. The van der Waals surface area contributed by atoms with Crippen LogP contribution in [0.5, 0.6) is 5.75 Å². The zero-order valence-corrected chi connectivity index (χ0v) is 12.2. The van der Waals surface area contributed by atoms with Gasteiger partial charge in [-0.15, -0.1) is 0 Å². The maximum Gasteiger partial charge on any atom is 0.193 e. The Hall–Kier alpha value is -1.68. The summed E-state index contributed by atoms with van der Waals surface area (Å²) in [6.07, 6.45) is 2.41. The number of hydrogen-bond acceptors (Lipinski definition) is 2. The van der Waals surface area contributed by atoms with Gasteiger partial charge in [-0.3, -0.25) is 4.79 Å². The fraction of sp³-hybridized carbons (Fsp3) is 0.188. The molecule has 0 bridgehead atoms. The van der Waals surface area contributed by atoms with Gasteiger partial charge in [0.2, 0.25) is 0 Å². The second-order valence-electron chi connectivity index (χ2n) is 4.83. The number of carbonyl (C=O) groups is 1. The number of carbonyl (C=O) groups excluding carboxylic acids is 1. The third-order valence-electron chi connectivity index (χ3n) is 3.05. The van der Waals surface area contributed by atoms with Crippen molar-refractivity contribution in [2.24, 2.45) is 0 Å².